The number of aromatic nitrogens is 4. The molecule has 0 radical (unpaired) electrons. The molecule has 1 N–H and O–H groups in total. The highest BCUT2D eigenvalue weighted by Gasteiger charge is 2.27. The lowest BCUT2D eigenvalue weighted by Gasteiger charge is -2.23. The SMILES string of the molecule is Cc1cncc(C2CCCN2Cc2cnc[nH]2)n1. The summed E-state index contributed by atoms with van der Waals surface area (Å²) < 4.78 is 0. The maximum Gasteiger partial charge on any atom is 0.0922 e. The van der Waals surface area contributed by atoms with Gasteiger partial charge in [0.1, 0.15) is 0 Å². The van der Waals surface area contributed by atoms with Crippen LogP contribution >= 0.6 is 0 Å². The summed E-state index contributed by atoms with van der Waals surface area (Å²) >= 11 is 0. The Hall–Kier alpha value is -1.75. The summed E-state index contributed by atoms with van der Waals surface area (Å²) in [6, 6.07) is 0.390. The topological polar surface area (TPSA) is 57.7 Å². The van der Waals surface area contributed by atoms with Crippen molar-refractivity contribution in [2.75, 3.05) is 6.54 Å². The second kappa shape index (κ2) is 4.86. The Morgan fingerprint density at radius 2 is 2.28 bits per heavy atom. The summed E-state index contributed by atoms with van der Waals surface area (Å²) in [7, 11) is 0. The molecule has 0 aliphatic carbocycles. The molecule has 2 aromatic rings. The molecular weight excluding hydrogens is 226 g/mol. The Morgan fingerprint density at radius 1 is 1.33 bits per heavy atom. The van der Waals surface area contributed by atoms with Crippen molar-refractivity contribution in [3.8, 4) is 0 Å². The maximum absolute atomic E-state index is 4.60. The molecule has 1 aliphatic heterocycles. The van der Waals surface area contributed by atoms with Gasteiger partial charge in [0, 0.05) is 30.8 Å². The van der Waals surface area contributed by atoms with Gasteiger partial charge in [-0.1, -0.05) is 0 Å². The molecule has 94 valence electrons. The van der Waals surface area contributed by atoms with Gasteiger partial charge in [-0.05, 0) is 26.3 Å². The largest absolute Gasteiger partial charge is 0.347 e. The lowest BCUT2D eigenvalue weighted by atomic mass is 10.1. The van der Waals surface area contributed by atoms with Crippen molar-refractivity contribution in [1.29, 1.82) is 0 Å². The standard InChI is InChI=1S/C13H17N5/c1-10-5-14-7-12(17-10)13-3-2-4-18(13)8-11-6-15-9-16-11/h5-7,9,13H,2-4,8H2,1H3,(H,15,16). The molecule has 3 rings (SSSR count). The van der Waals surface area contributed by atoms with Crippen molar-refractivity contribution in [2.45, 2.75) is 32.4 Å². The highest BCUT2D eigenvalue weighted by molar-refractivity contribution is 5.09. The quantitative estimate of drug-likeness (QED) is 0.893. The predicted octanol–water partition coefficient (Wildman–Crippen LogP) is 1.85. The zero-order valence-corrected chi connectivity index (χ0v) is 10.5. The molecule has 1 saturated heterocycles. The summed E-state index contributed by atoms with van der Waals surface area (Å²) in [6.45, 7) is 4.00. The van der Waals surface area contributed by atoms with Crippen molar-refractivity contribution >= 4 is 0 Å². The molecular formula is C13H17N5. The first kappa shape index (κ1) is 11.3. The minimum Gasteiger partial charge on any atom is -0.347 e. The molecule has 1 atom stereocenters. The van der Waals surface area contributed by atoms with Gasteiger partial charge < -0.3 is 4.98 Å². The number of likely N-dealkylation sites (tertiary alicyclic amines) is 1. The van der Waals surface area contributed by atoms with E-state index in [0.29, 0.717) is 6.04 Å². The summed E-state index contributed by atoms with van der Waals surface area (Å²) in [5, 5.41) is 0. The summed E-state index contributed by atoms with van der Waals surface area (Å²) in [4.78, 5) is 18.5. The number of rotatable bonds is 3. The molecule has 1 unspecified atom stereocenters. The van der Waals surface area contributed by atoms with Crippen LogP contribution in [0.5, 0.6) is 0 Å². The third-order valence-corrected chi connectivity index (χ3v) is 3.41. The average Bonchev–Trinajstić information content (AvgIpc) is 3.01. The molecule has 5 heteroatoms. The zero-order valence-electron chi connectivity index (χ0n) is 10.5. The minimum atomic E-state index is 0.390. The van der Waals surface area contributed by atoms with Crippen LogP contribution in [0.3, 0.4) is 0 Å². The molecule has 18 heavy (non-hydrogen) atoms. The van der Waals surface area contributed by atoms with Gasteiger partial charge in [0.25, 0.3) is 0 Å². The van der Waals surface area contributed by atoms with Crippen LogP contribution in [0.15, 0.2) is 24.9 Å². The van der Waals surface area contributed by atoms with Crippen molar-refractivity contribution in [3.63, 3.8) is 0 Å². The van der Waals surface area contributed by atoms with Crippen LogP contribution in [-0.4, -0.2) is 31.4 Å². The van der Waals surface area contributed by atoms with Crippen LogP contribution in [0.2, 0.25) is 0 Å². The second-order valence-electron chi connectivity index (χ2n) is 4.79. The number of aryl methyl sites for hydroxylation is 1. The molecule has 1 aliphatic rings. The van der Waals surface area contributed by atoms with Gasteiger partial charge in [-0.3, -0.25) is 14.9 Å². The van der Waals surface area contributed by atoms with Crippen LogP contribution in [0, 0.1) is 6.92 Å². The number of nitrogens with zero attached hydrogens (tertiary/aromatic N) is 4. The van der Waals surface area contributed by atoms with E-state index in [0.717, 1.165) is 36.6 Å². The second-order valence-corrected chi connectivity index (χ2v) is 4.79. The number of hydrogen-bond acceptors (Lipinski definition) is 4. The lowest BCUT2D eigenvalue weighted by Crippen LogP contribution is -2.23. The van der Waals surface area contributed by atoms with Crippen molar-refractivity contribution < 1.29 is 0 Å². The number of imidazole rings is 1. The van der Waals surface area contributed by atoms with Gasteiger partial charge in [0.05, 0.1) is 23.8 Å². The first-order chi connectivity index (χ1) is 8.83. The van der Waals surface area contributed by atoms with Gasteiger partial charge in [-0.2, -0.15) is 0 Å². The fourth-order valence-corrected chi connectivity index (χ4v) is 2.58. The van der Waals surface area contributed by atoms with Gasteiger partial charge in [0.2, 0.25) is 0 Å². The normalized spacial score (nSPS) is 20.4. The monoisotopic (exact) mass is 243 g/mol. The zero-order chi connectivity index (χ0) is 12.4. The minimum absolute atomic E-state index is 0.390. The first-order valence-corrected chi connectivity index (χ1v) is 6.33. The molecule has 0 saturated carbocycles. The third kappa shape index (κ3) is 2.26. The smallest absolute Gasteiger partial charge is 0.0922 e. The van der Waals surface area contributed by atoms with Gasteiger partial charge in [-0.15, -0.1) is 0 Å². The predicted molar refractivity (Wildman–Crippen MR) is 67.7 cm³/mol. The van der Waals surface area contributed by atoms with Crippen molar-refractivity contribution in [2.24, 2.45) is 0 Å². The number of hydrogen-bond donors (Lipinski definition) is 1. The third-order valence-electron chi connectivity index (χ3n) is 3.41. The molecule has 0 bridgehead atoms. The molecule has 3 heterocycles. The Morgan fingerprint density at radius 3 is 3.06 bits per heavy atom. The van der Waals surface area contributed by atoms with E-state index in [2.05, 4.69) is 24.8 Å². The number of H-pyrrole nitrogens is 1. The molecule has 0 amide bonds. The molecule has 0 spiro atoms. The van der Waals surface area contributed by atoms with Crippen LogP contribution < -0.4 is 0 Å². The van der Waals surface area contributed by atoms with Gasteiger partial charge in [-0.25, -0.2) is 4.98 Å². The highest BCUT2D eigenvalue weighted by atomic mass is 15.2. The van der Waals surface area contributed by atoms with Crippen LogP contribution in [0.1, 0.15) is 36.0 Å². The van der Waals surface area contributed by atoms with Crippen molar-refractivity contribution in [3.05, 3.63) is 42.0 Å². The van der Waals surface area contributed by atoms with E-state index in [-0.39, 0.29) is 0 Å². The number of aromatic amines is 1. The van der Waals surface area contributed by atoms with E-state index in [1.807, 2.05) is 19.3 Å². The summed E-state index contributed by atoms with van der Waals surface area (Å²) in [5.41, 5.74) is 3.23. The van der Waals surface area contributed by atoms with E-state index in [4.69, 9.17) is 0 Å². The average molecular weight is 243 g/mol. The Bertz CT molecular complexity index is 508. The van der Waals surface area contributed by atoms with Crippen molar-refractivity contribution in [1.82, 2.24) is 24.8 Å². The Kier molecular flexibility index (Phi) is 3.06. The summed E-state index contributed by atoms with van der Waals surface area (Å²) in [6.07, 6.45) is 9.69. The van der Waals surface area contributed by atoms with E-state index in [1.165, 1.54) is 6.42 Å². The first-order valence-electron chi connectivity index (χ1n) is 6.33. The fourth-order valence-electron chi connectivity index (χ4n) is 2.58. The van der Waals surface area contributed by atoms with E-state index in [1.54, 1.807) is 12.5 Å². The Balaban J connectivity index is 1.79. The maximum atomic E-state index is 4.60. The number of nitrogens with one attached hydrogen (secondary N) is 1. The van der Waals surface area contributed by atoms with E-state index >= 15 is 0 Å². The van der Waals surface area contributed by atoms with Crippen LogP contribution in [-0.2, 0) is 6.54 Å². The lowest BCUT2D eigenvalue weighted by molar-refractivity contribution is 0.241. The Labute approximate surface area is 106 Å². The highest BCUT2D eigenvalue weighted by Crippen LogP contribution is 2.31. The van der Waals surface area contributed by atoms with Crippen LogP contribution in [0.4, 0.5) is 0 Å². The molecule has 2 aromatic heterocycles. The molecule has 1 fully saturated rings. The van der Waals surface area contributed by atoms with Gasteiger partial charge in [0.15, 0.2) is 0 Å². The molecule has 5 nitrogen and oxygen atoms in total. The van der Waals surface area contributed by atoms with E-state index in [9.17, 15) is 0 Å². The van der Waals surface area contributed by atoms with Gasteiger partial charge >= 0.3 is 0 Å². The summed E-state index contributed by atoms with van der Waals surface area (Å²) in [5.74, 6) is 0. The van der Waals surface area contributed by atoms with Crippen LogP contribution in [0.25, 0.3) is 0 Å². The fraction of sp³-hybridized carbons (Fsp3) is 0.462. The molecule has 0 aromatic carbocycles. The van der Waals surface area contributed by atoms with E-state index < -0.39 is 0 Å².